The van der Waals surface area contributed by atoms with E-state index in [2.05, 4.69) is 31.4 Å². The summed E-state index contributed by atoms with van der Waals surface area (Å²) >= 11 is 6.68. The molecule has 2 atom stereocenters. The number of hydrogen-bond donors (Lipinski definition) is 2. The van der Waals surface area contributed by atoms with Crippen LogP contribution in [0.2, 0.25) is 5.02 Å². The number of aromatic amines is 1. The molecule has 0 bridgehead atoms. The predicted octanol–water partition coefficient (Wildman–Crippen LogP) is 3.79. The van der Waals surface area contributed by atoms with Crippen LogP contribution in [0.25, 0.3) is 27.7 Å². The Morgan fingerprint density at radius 1 is 1.24 bits per heavy atom. The number of nitrogens with one attached hydrogen (secondary N) is 1. The lowest BCUT2D eigenvalue weighted by Crippen LogP contribution is -2.51. The highest BCUT2D eigenvalue weighted by Crippen LogP contribution is 2.42. The van der Waals surface area contributed by atoms with Crippen molar-refractivity contribution in [3.63, 3.8) is 0 Å². The number of nitrogens with two attached hydrogens (primary N) is 1. The van der Waals surface area contributed by atoms with Crippen molar-refractivity contribution in [3.8, 4) is 11.1 Å². The Kier molecular flexibility index (Phi) is 6.82. The van der Waals surface area contributed by atoms with E-state index in [0.717, 1.165) is 71.9 Å². The average Bonchev–Trinajstić information content (AvgIpc) is 3.51. The third-order valence-corrected chi connectivity index (χ3v) is 7.71. The van der Waals surface area contributed by atoms with E-state index in [-0.39, 0.29) is 44.6 Å². The van der Waals surface area contributed by atoms with Gasteiger partial charge in [-0.25, -0.2) is 9.97 Å². The minimum Gasteiger partial charge on any atom is -0.376 e. The lowest BCUT2D eigenvalue weighted by atomic mass is 9.73. The van der Waals surface area contributed by atoms with Gasteiger partial charge in [-0.15, -0.1) is 0 Å². The van der Waals surface area contributed by atoms with Gasteiger partial charge in [0, 0.05) is 58.5 Å². The van der Waals surface area contributed by atoms with E-state index in [1.54, 1.807) is 6.20 Å². The zero-order valence-corrected chi connectivity index (χ0v) is 21.9. The third kappa shape index (κ3) is 3.76. The number of anilines is 1. The molecule has 0 saturated carbocycles. The normalized spacial score (nSPS) is 21.7. The van der Waals surface area contributed by atoms with Crippen molar-refractivity contribution < 1.29 is 4.74 Å². The van der Waals surface area contributed by atoms with Crippen LogP contribution >= 0.6 is 38.6 Å². The zero-order chi connectivity index (χ0) is 22.0. The number of rotatable bonds is 2. The number of aryl methyl sites for hydroxylation is 1. The molecule has 3 aromatic heterocycles. The van der Waals surface area contributed by atoms with Gasteiger partial charge in [0.15, 0.2) is 0 Å². The van der Waals surface area contributed by atoms with E-state index in [0.29, 0.717) is 5.02 Å². The summed E-state index contributed by atoms with van der Waals surface area (Å²) < 4.78 is 7.95. The number of hydrogen-bond acceptors (Lipinski definition) is 6. The minimum absolute atomic E-state index is 0. The van der Waals surface area contributed by atoms with Gasteiger partial charge in [-0.05, 0) is 38.8 Å². The molecule has 2 fully saturated rings. The van der Waals surface area contributed by atoms with Gasteiger partial charge in [0.1, 0.15) is 5.65 Å². The van der Waals surface area contributed by atoms with Gasteiger partial charge < -0.3 is 15.4 Å². The van der Waals surface area contributed by atoms with Crippen LogP contribution in [-0.2, 0) is 4.74 Å². The predicted molar refractivity (Wildman–Crippen MR) is 146 cm³/mol. The minimum atomic E-state index is 0. The molecule has 34 heavy (non-hydrogen) atoms. The Bertz CT molecular complexity index is 1330. The molecule has 182 valence electrons. The summed E-state index contributed by atoms with van der Waals surface area (Å²) in [5, 5.41) is 8.79. The highest BCUT2D eigenvalue weighted by molar-refractivity contribution is 7.59. The van der Waals surface area contributed by atoms with Gasteiger partial charge in [0.25, 0.3) is 0 Å². The number of benzene rings is 1. The van der Waals surface area contributed by atoms with Gasteiger partial charge in [-0.1, -0.05) is 11.6 Å². The van der Waals surface area contributed by atoms with Crippen molar-refractivity contribution in [2.24, 2.45) is 11.1 Å². The summed E-state index contributed by atoms with van der Waals surface area (Å²) in [6.07, 6.45) is 7.69. The Morgan fingerprint density at radius 3 is 2.71 bits per heavy atom. The number of aromatic nitrogens is 5. The number of halogens is 1. The van der Waals surface area contributed by atoms with E-state index >= 15 is 0 Å². The average molecular weight is 520 g/mol. The number of imidazole rings is 1. The van der Waals surface area contributed by atoms with E-state index < -0.39 is 0 Å². The lowest BCUT2D eigenvalue weighted by molar-refractivity contribution is 0.0973. The maximum atomic E-state index is 6.68. The standard InChI is InChI=1S/C23H26ClN7O.2H2S/c1-13-19(16-10-18-15(9-17(16)24)11-27-29-18)21-26-5-8-31(21)22(28-13)30-6-3-23(4-7-30)12-32-14(2)20(23)25;;/h5,8-11,14,20H,3-4,6-7,12,25H2,1-2H3,(H,27,29);2*1H2/t14-,20+;;/m0../s1. The van der Waals surface area contributed by atoms with Gasteiger partial charge in [0.05, 0.1) is 30.1 Å². The molecule has 3 N–H and O–H groups in total. The molecule has 0 unspecified atom stereocenters. The molecule has 2 aliphatic rings. The van der Waals surface area contributed by atoms with Crippen molar-refractivity contribution in [1.82, 2.24) is 24.6 Å². The van der Waals surface area contributed by atoms with Crippen molar-refractivity contribution >= 4 is 61.1 Å². The second-order valence-electron chi connectivity index (χ2n) is 9.17. The van der Waals surface area contributed by atoms with Gasteiger partial charge in [-0.2, -0.15) is 32.1 Å². The molecular formula is C23H30ClN7OS2. The molecular weight excluding hydrogens is 490 g/mol. The molecule has 0 radical (unpaired) electrons. The summed E-state index contributed by atoms with van der Waals surface area (Å²) in [5.74, 6) is 0.910. The maximum Gasteiger partial charge on any atom is 0.211 e. The van der Waals surface area contributed by atoms with Crippen LogP contribution in [0.4, 0.5) is 5.95 Å². The SMILES string of the molecule is Cc1nc(N2CCC3(CC2)CO[C@@H](C)[C@H]3N)n2ccnc2c1-c1cc2[nH]ncc2cc1Cl.S.S. The second-order valence-corrected chi connectivity index (χ2v) is 9.58. The maximum absolute atomic E-state index is 6.68. The van der Waals surface area contributed by atoms with Crippen LogP contribution < -0.4 is 10.6 Å². The first kappa shape index (κ1) is 25.1. The fourth-order valence-corrected chi connectivity index (χ4v) is 5.66. The van der Waals surface area contributed by atoms with Gasteiger partial charge in [-0.3, -0.25) is 9.50 Å². The Morgan fingerprint density at radius 2 is 2.00 bits per heavy atom. The van der Waals surface area contributed by atoms with Crippen LogP contribution in [0.3, 0.4) is 0 Å². The first-order chi connectivity index (χ1) is 15.5. The summed E-state index contributed by atoms with van der Waals surface area (Å²) in [6, 6.07) is 4.05. The summed E-state index contributed by atoms with van der Waals surface area (Å²) in [5.41, 5.74) is 11.1. The molecule has 4 aromatic rings. The fraction of sp³-hybridized carbons (Fsp3) is 0.435. The van der Waals surface area contributed by atoms with Crippen LogP contribution in [0.1, 0.15) is 25.5 Å². The van der Waals surface area contributed by atoms with E-state index in [1.165, 1.54) is 0 Å². The second kappa shape index (κ2) is 9.23. The third-order valence-electron chi connectivity index (χ3n) is 7.40. The van der Waals surface area contributed by atoms with Crippen molar-refractivity contribution in [2.45, 2.75) is 38.8 Å². The molecule has 2 saturated heterocycles. The number of nitrogens with zero attached hydrogens (tertiary/aromatic N) is 5. The van der Waals surface area contributed by atoms with E-state index in [9.17, 15) is 0 Å². The van der Waals surface area contributed by atoms with E-state index in [1.807, 2.05) is 31.5 Å². The van der Waals surface area contributed by atoms with Crippen molar-refractivity contribution in [2.75, 3.05) is 24.6 Å². The first-order valence-electron chi connectivity index (χ1n) is 11.1. The highest BCUT2D eigenvalue weighted by Gasteiger charge is 2.47. The van der Waals surface area contributed by atoms with E-state index in [4.69, 9.17) is 27.1 Å². The first-order valence-corrected chi connectivity index (χ1v) is 11.4. The highest BCUT2D eigenvalue weighted by atomic mass is 35.5. The lowest BCUT2D eigenvalue weighted by Gasteiger charge is -2.41. The molecule has 11 heteroatoms. The van der Waals surface area contributed by atoms with Crippen LogP contribution in [0, 0.1) is 12.3 Å². The molecule has 6 rings (SSSR count). The van der Waals surface area contributed by atoms with Crippen LogP contribution in [0.5, 0.6) is 0 Å². The smallest absolute Gasteiger partial charge is 0.211 e. The van der Waals surface area contributed by atoms with Crippen LogP contribution in [0.15, 0.2) is 30.7 Å². The molecule has 5 heterocycles. The summed E-state index contributed by atoms with van der Waals surface area (Å²) in [7, 11) is 0. The molecule has 0 aliphatic carbocycles. The molecule has 1 spiro atoms. The quantitative estimate of drug-likeness (QED) is 0.418. The topological polar surface area (TPSA) is 97.4 Å². The summed E-state index contributed by atoms with van der Waals surface area (Å²) in [6.45, 7) is 6.64. The monoisotopic (exact) mass is 519 g/mol. The largest absolute Gasteiger partial charge is 0.376 e. The van der Waals surface area contributed by atoms with Crippen LogP contribution in [-0.4, -0.2) is 56.4 Å². The Labute approximate surface area is 217 Å². The van der Waals surface area contributed by atoms with Gasteiger partial charge in [0.2, 0.25) is 5.95 Å². The van der Waals surface area contributed by atoms with Crippen molar-refractivity contribution in [3.05, 3.63) is 41.4 Å². The number of fused-ring (bicyclic) bond motifs is 2. The Hall–Kier alpha value is -1.98. The summed E-state index contributed by atoms with van der Waals surface area (Å²) in [4.78, 5) is 12.1. The molecule has 2 aliphatic heterocycles. The Balaban J connectivity index is 0.00000137. The molecule has 1 aromatic carbocycles. The number of H-pyrrole nitrogens is 1. The fourth-order valence-electron chi connectivity index (χ4n) is 5.39. The van der Waals surface area contributed by atoms with Gasteiger partial charge >= 0.3 is 0 Å². The molecule has 0 amide bonds. The number of piperidine rings is 1. The zero-order valence-electron chi connectivity index (χ0n) is 19.2. The molecule has 8 nitrogen and oxygen atoms in total. The number of ether oxygens (including phenoxy) is 1. The van der Waals surface area contributed by atoms with Crippen molar-refractivity contribution in [1.29, 1.82) is 0 Å².